The van der Waals surface area contributed by atoms with Gasteiger partial charge in [-0.15, -0.1) is 0 Å². The monoisotopic (exact) mass is 247 g/mol. The first-order valence-corrected chi connectivity index (χ1v) is 5.11. The van der Waals surface area contributed by atoms with Gasteiger partial charge in [0.15, 0.2) is 17.4 Å². The minimum Gasteiger partial charge on any atom is -0.494 e. The summed E-state index contributed by atoms with van der Waals surface area (Å²) in [6.07, 6.45) is 4.37. The van der Waals surface area contributed by atoms with Gasteiger partial charge in [0.2, 0.25) is 0 Å². The summed E-state index contributed by atoms with van der Waals surface area (Å²) < 4.78 is 18.0. The van der Waals surface area contributed by atoms with Crippen LogP contribution in [0.2, 0.25) is 0 Å². The van der Waals surface area contributed by atoms with Gasteiger partial charge in [-0.1, -0.05) is 0 Å². The van der Waals surface area contributed by atoms with Crippen LogP contribution >= 0.6 is 0 Å². The first-order valence-electron chi connectivity index (χ1n) is 5.11. The van der Waals surface area contributed by atoms with E-state index in [1.165, 1.54) is 43.9 Å². The molecule has 0 fully saturated rings. The SMILES string of the molecule is COc1cc(C(=O)Nc2cnccn2)ccc1F. The van der Waals surface area contributed by atoms with Gasteiger partial charge in [-0.3, -0.25) is 9.78 Å². The Hall–Kier alpha value is -2.50. The minimum absolute atomic E-state index is 0.0156. The lowest BCUT2D eigenvalue weighted by Gasteiger charge is -2.06. The van der Waals surface area contributed by atoms with Crippen molar-refractivity contribution in [3.05, 3.63) is 48.2 Å². The number of nitrogens with one attached hydrogen (secondary N) is 1. The molecule has 6 heteroatoms. The second-order valence-electron chi connectivity index (χ2n) is 3.39. The largest absolute Gasteiger partial charge is 0.494 e. The summed E-state index contributed by atoms with van der Waals surface area (Å²) >= 11 is 0. The molecule has 0 atom stereocenters. The van der Waals surface area contributed by atoms with Gasteiger partial charge >= 0.3 is 0 Å². The van der Waals surface area contributed by atoms with Crippen LogP contribution in [0, 0.1) is 5.82 Å². The van der Waals surface area contributed by atoms with Gasteiger partial charge in [0.1, 0.15) is 0 Å². The summed E-state index contributed by atoms with van der Waals surface area (Å²) in [6, 6.07) is 3.86. The highest BCUT2D eigenvalue weighted by Gasteiger charge is 2.10. The topological polar surface area (TPSA) is 64.1 Å². The number of aromatic nitrogens is 2. The van der Waals surface area contributed by atoms with E-state index in [1.54, 1.807) is 0 Å². The van der Waals surface area contributed by atoms with E-state index in [2.05, 4.69) is 15.3 Å². The van der Waals surface area contributed by atoms with E-state index in [0.717, 1.165) is 0 Å². The van der Waals surface area contributed by atoms with Crippen LogP contribution in [0.5, 0.6) is 5.75 Å². The predicted octanol–water partition coefficient (Wildman–Crippen LogP) is 1.88. The van der Waals surface area contributed by atoms with E-state index >= 15 is 0 Å². The second-order valence-corrected chi connectivity index (χ2v) is 3.39. The maximum absolute atomic E-state index is 13.2. The predicted molar refractivity (Wildman–Crippen MR) is 62.9 cm³/mol. The lowest BCUT2D eigenvalue weighted by atomic mass is 10.2. The normalized spacial score (nSPS) is 9.89. The highest BCUT2D eigenvalue weighted by molar-refractivity contribution is 6.03. The van der Waals surface area contributed by atoms with Crippen LogP contribution in [0.4, 0.5) is 10.2 Å². The van der Waals surface area contributed by atoms with Crippen molar-refractivity contribution in [2.24, 2.45) is 0 Å². The number of anilines is 1. The van der Waals surface area contributed by atoms with Gasteiger partial charge in [0, 0.05) is 18.0 Å². The molecule has 1 amide bonds. The molecule has 0 aliphatic carbocycles. The Balaban J connectivity index is 2.19. The Bertz CT molecular complexity index is 561. The lowest BCUT2D eigenvalue weighted by Crippen LogP contribution is -2.13. The quantitative estimate of drug-likeness (QED) is 0.899. The van der Waals surface area contributed by atoms with E-state index in [1.807, 2.05) is 0 Å². The zero-order valence-corrected chi connectivity index (χ0v) is 9.55. The van der Waals surface area contributed by atoms with Crippen LogP contribution in [0.25, 0.3) is 0 Å². The third-order valence-corrected chi connectivity index (χ3v) is 2.22. The lowest BCUT2D eigenvalue weighted by molar-refractivity contribution is 0.102. The molecule has 0 spiro atoms. The van der Waals surface area contributed by atoms with Crippen molar-refractivity contribution in [2.75, 3.05) is 12.4 Å². The number of rotatable bonds is 3. The summed E-state index contributed by atoms with van der Waals surface area (Å²) in [5.74, 6) is -0.588. The van der Waals surface area contributed by atoms with Crippen LogP contribution in [0.15, 0.2) is 36.8 Å². The summed E-state index contributed by atoms with van der Waals surface area (Å²) in [6.45, 7) is 0. The Morgan fingerprint density at radius 2 is 2.22 bits per heavy atom. The number of amides is 1. The molecule has 0 saturated heterocycles. The fraction of sp³-hybridized carbons (Fsp3) is 0.0833. The third-order valence-electron chi connectivity index (χ3n) is 2.22. The number of methoxy groups -OCH3 is 1. The molecule has 1 aromatic carbocycles. The summed E-state index contributed by atoms with van der Waals surface area (Å²) in [7, 11) is 1.34. The average Bonchev–Trinajstić information content (AvgIpc) is 2.40. The molecule has 1 heterocycles. The van der Waals surface area contributed by atoms with Crippen LogP contribution < -0.4 is 10.1 Å². The van der Waals surface area contributed by atoms with Crippen molar-refractivity contribution in [3.8, 4) is 5.75 Å². The number of nitrogens with zero attached hydrogens (tertiary/aromatic N) is 2. The molecule has 0 saturated carbocycles. The summed E-state index contributed by atoms with van der Waals surface area (Å²) in [5.41, 5.74) is 0.277. The molecule has 0 radical (unpaired) electrons. The van der Waals surface area contributed by atoms with Gasteiger partial charge < -0.3 is 10.1 Å². The number of carbonyl (C=O) groups is 1. The van der Waals surface area contributed by atoms with Crippen molar-refractivity contribution in [3.63, 3.8) is 0 Å². The molecule has 5 nitrogen and oxygen atoms in total. The third kappa shape index (κ3) is 2.60. The summed E-state index contributed by atoms with van der Waals surface area (Å²) in [5, 5.41) is 2.54. The number of ether oxygens (including phenoxy) is 1. The van der Waals surface area contributed by atoms with Gasteiger partial charge in [-0.05, 0) is 18.2 Å². The average molecular weight is 247 g/mol. The van der Waals surface area contributed by atoms with Crippen molar-refractivity contribution in [2.45, 2.75) is 0 Å². The molecule has 0 aliphatic rings. The molecule has 18 heavy (non-hydrogen) atoms. The van der Waals surface area contributed by atoms with E-state index in [9.17, 15) is 9.18 Å². The Morgan fingerprint density at radius 3 is 2.89 bits per heavy atom. The van der Waals surface area contributed by atoms with Crippen molar-refractivity contribution in [1.29, 1.82) is 0 Å². The molecular weight excluding hydrogens is 237 g/mol. The smallest absolute Gasteiger partial charge is 0.256 e. The van der Waals surface area contributed by atoms with E-state index in [0.29, 0.717) is 5.82 Å². The molecule has 1 N–H and O–H groups in total. The van der Waals surface area contributed by atoms with Gasteiger partial charge in [0.25, 0.3) is 5.91 Å². The fourth-order valence-corrected chi connectivity index (χ4v) is 1.35. The molecule has 0 aliphatic heterocycles. The molecule has 1 aromatic heterocycles. The highest BCUT2D eigenvalue weighted by Crippen LogP contribution is 2.18. The van der Waals surface area contributed by atoms with Crippen LogP contribution in [0.1, 0.15) is 10.4 Å². The molecule has 92 valence electrons. The second kappa shape index (κ2) is 5.22. The molecule has 0 unspecified atom stereocenters. The number of hydrogen-bond acceptors (Lipinski definition) is 4. The molecule has 2 aromatic rings. The molecule has 0 bridgehead atoms. The van der Waals surface area contributed by atoms with E-state index in [-0.39, 0.29) is 11.3 Å². The van der Waals surface area contributed by atoms with Crippen LogP contribution in [-0.4, -0.2) is 23.0 Å². The standard InChI is InChI=1S/C12H10FN3O2/c1-18-10-6-8(2-3-9(10)13)12(17)16-11-7-14-4-5-15-11/h2-7H,1H3,(H,15,16,17). The Morgan fingerprint density at radius 1 is 1.39 bits per heavy atom. The fourth-order valence-electron chi connectivity index (χ4n) is 1.35. The van der Waals surface area contributed by atoms with E-state index in [4.69, 9.17) is 4.74 Å². The first kappa shape index (κ1) is 12.0. The minimum atomic E-state index is -0.520. The zero-order chi connectivity index (χ0) is 13.0. The van der Waals surface area contributed by atoms with Crippen molar-refractivity contribution in [1.82, 2.24) is 9.97 Å². The number of halogens is 1. The first-order chi connectivity index (χ1) is 8.70. The van der Waals surface area contributed by atoms with Gasteiger partial charge in [0.05, 0.1) is 13.3 Å². The van der Waals surface area contributed by atoms with E-state index < -0.39 is 11.7 Å². The van der Waals surface area contributed by atoms with Crippen molar-refractivity contribution < 1.29 is 13.9 Å². The highest BCUT2D eigenvalue weighted by atomic mass is 19.1. The molecular formula is C12H10FN3O2. The van der Waals surface area contributed by atoms with Gasteiger partial charge in [-0.25, -0.2) is 9.37 Å². The number of benzene rings is 1. The molecule has 2 rings (SSSR count). The summed E-state index contributed by atoms with van der Waals surface area (Å²) in [4.78, 5) is 19.6. The van der Waals surface area contributed by atoms with Crippen LogP contribution in [-0.2, 0) is 0 Å². The number of carbonyl (C=O) groups excluding carboxylic acids is 1. The zero-order valence-electron chi connectivity index (χ0n) is 9.55. The maximum atomic E-state index is 13.2. The van der Waals surface area contributed by atoms with Crippen molar-refractivity contribution >= 4 is 11.7 Å². The maximum Gasteiger partial charge on any atom is 0.256 e. The Labute approximate surface area is 103 Å². The van der Waals surface area contributed by atoms with Crippen LogP contribution in [0.3, 0.4) is 0 Å². The van der Waals surface area contributed by atoms with Gasteiger partial charge in [-0.2, -0.15) is 0 Å². The number of hydrogen-bond donors (Lipinski definition) is 1. The Kier molecular flexibility index (Phi) is 3.47.